The van der Waals surface area contributed by atoms with Gasteiger partial charge in [-0.1, -0.05) is 25.2 Å². The quantitative estimate of drug-likeness (QED) is 0.865. The van der Waals surface area contributed by atoms with E-state index in [9.17, 15) is 4.79 Å². The highest BCUT2D eigenvalue weighted by atomic mass is 16.1. The number of amides is 1. The van der Waals surface area contributed by atoms with Crippen molar-refractivity contribution in [2.45, 2.75) is 34.1 Å². The summed E-state index contributed by atoms with van der Waals surface area (Å²) in [4.78, 5) is 23.6. The maximum absolute atomic E-state index is 11.7. The third kappa shape index (κ3) is 4.00. The molecule has 2 unspecified atom stereocenters. The van der Waals surface area contributed by atoms with Gasteiger partial charge in [0, 0.05) is 25.2 Å². The van der Waals surface area contributed by atoms with Crippen LogP contribution in [0.15, 0.2) is 30.4 Å². The van der Waals surface area contributed by atoms with E-state index in [2.05, 4.69) is 45.5 Å². The van der Waals surface area contributed by atoms with Gasteiger partial charge in [-0.25, -0.2) is 9.67 Å². The van der Waals surface area contributed by atoms with Gasteiger partial charge in [-0.2, -0.15) is 10.1 Å². The van der Waals surface area contributed by atoms with Crippen LogP contribution < -0.4 is 5.32 Å². The normalized spacial score (nSPS) is 21.6. The van der Waals surface area contributed by atoms with Crippen LogP contribution in [0.1, 0.15) is 37.4 Å². The summed E-state index contributed by atoms with van der Waals surface area (Å²) in [5.74, 6) is 1.75. The molecule has 0 radical (unpaired) electrons. The summed E-state index contributed by atoms with van der Waals surface area (Å²) >= 11 is 0. The van der Waals surface area contributed by atoms with Gasteiger partial charge >= 0.3 is 0 Å². The fourth-order valence-electron chi connectivity index (χ4n) is 4.37. The molecule has 2 aliphatic rings. The number of likely N-dealkylation sites (tertiary alicyclic amines) is 1. The molecule has 1 aliphatic heterocycles. The predicted molar refractivity (Wildman–Crippen MR) is 114 cm³/mol. The molecule has 1 saturated heterocycles. The van der Waals surface area contributed by atoms with Crippen molar-refractivity contribution >= 4 is 17.3 Å². The zero-order valence-corrected chi connectivity index (χ0v) is 17.5. The van der Waals surface area contributed by atoms with Crippen molar-refractivity contribution in [1.82, 2.24) is 24.6 Å². The smallest absolute Gasteiger partial charge is 0.253 e. The molecule has 7 heteroatoms. The van der Waals surface area contributed by atoms with Crippen LogP contribution in [0.2, 0.25) is 0 Å². The van der Waals surface area contributed by atoms with Crippen LogP contribution in [0.5, 0.6) is 0 Å². The third-order valence-corrected chi connectivity index (χ3v) is 5.74. The molecule has 3 heterocycles. The highest BCUT2D eigenvalue weighted by Gasteiger charge is 2.32. The summed E-state index contributed by atoms with van der Waals surface area (Å²) in [5, 5.41) is 7.35. The van der Waals surface area contributed by atoms with Crippen molar-refractivity contribution in [2.24, 2.45) is 11.8 Å². The predicted octanol–water partition coefficient (Wildman–Crippen LogP) is 3.15. The highest BCUT2D eigenvalue weighted by Crippen LogP contribution is 2.38. The van der Waals surface area contributed by atoms with Crippen LogP contribution in [-0.4, -0.2) is 50.2 Å². The number of nitrogens with zero attached hydrogens (tertiary/aromatic N) is 5. The number of aryl methyl sites for hydroxylation is 2. The number of piperidine rings is 1. The van der Waals surface area contributed by atoms with E-state index < -0.39 is 0 Å². The second-order valence-corrected chi connectivity index (χ2v) is 7.92. The average Bonchev–Trinajstić information content (AvgIpc) is 3.04. The fourth-order valence-corrected chi connectivity index (χ4v) is 4.37. The lowest BCUT2D eigenvalue weighted by atomic mass is 9.76. The molecule has 0 saturated carbocycles. The zero-order chi connectivity index (χ0) is 20.5. The average molecular weight is 393 g/mol. The number of carbonyl (C=O) groups excluding carboxylic acids is 1. The van der Waals surface area contributed by atoms with E-state index in [-0.39, 0.29) is 5.91 Å². The van der Waals surface area contributed by atoms with Gasteiger partial charge in [-0.15, -0.1) is 0 Å². The Hall–Kier alpha value is -2.80. The first-order valence-corrected chi connectivity index (χ1v) is 10.3. The van der Waals surface area contributed by atoms with Crippen molar-refractivity contribution in [3.05, 3.63) is 47.4 Å². The molecule has 1 amide bonds. The maximum atomic E-state index is 11.7. The van der Waals surface area contributed by atoms with Crippen molar-refractivity contribution in [3.63, 3.8) is 0 Å². The first kappa shape index (κ1) is 19.5. The minimum Gasteiger partial charge on any atom is -0.311 e. The Kier molecular flexibility index (Phi) is 5.32. The SMILES string of the molecule is CCN1CCC2C(c3cc(NC(C)=O)nc(-n4nc(C)cc4C)n3)=CC=CC2C1. The Morgan fingerprint density at radius 3 is 2.79 bits per heavy atom. The van der Waals surface area contributed by atoms with E-state index in [4.69, 9.17) is 4.98 Å². The Bertz CT molecular complexity index is 989. The van der Waals surface area contributed by atoms with Crippen LogP contribution in [0, 0.1) is 25.7 Å². The van der Waals surface area contributed by atoms with Crippen molar-refractivity contribution < 1.29 is 4.79 Å². The number of allylic oxidation sites excluding steroid dienone is 3. The largest absolute Gasteiger partial charge is 0.311 e. The van der Waals surface area contributed by atoms with Crippen molar-refractivity contribution in [1.29, 1.82) is 0 Å². The molecule has 29 heavy (non-hydrogen) atoms. The molecule has 2 atom stereocenters. The summed E-state index contributed by atoms with van der Waals surface area (Å²) < 4.78 is 1.74. The lowest BCUT2D eigenvalue weighted by molar-refractivity contribution is -0.114. The van der Waals surface area contributed by atoms with Gasteiger partial charge in [-0.05, 0) is 56.8 Å². The minimum absolute atomic E-state index is 0.152. The monoisotopic (exact) mass is 392 g/mol. The van der Waals surface area contributed by atoms with Crippen LogP contribution in [0.3, 0.4) is 0 Å². The lowest BCUT2D eigenvalue weighted by Crippen LogP contribution is -2.40. The number of fused-ring (bicyclic) bond motifs is 1. The van der Waals surface area contributed by atoms with Crippen LogP contribution >= 0.6 is 0 Å². The van der Waals surface area contributed by atoms with Crippen LogP contribution in [-0.2, 0) is 4.79 Å². The molecule has 2 aromatic rings. The topological polar surface area (TPSA) is 75.9 Å². The van der Waals surface area contributed by atoms with Crippen LogP contribution in [0.4, 0.5) is 5.82 Å². The second-order valence-electron chi connectivity index (χ2n) is 7.92. The van der Waals surface area contributed by atoms with Gasteiger partial charge < -0.3 is 10.2 Å². The van der Waals surface area contributed by atoms with Gasteiger partial charge in [0.2, 0.25) is 5.91 Å². The van der Waals surface area contributed by atoms with Gasteiger partial charge in [-0.3, -0.25) is 4.79 Å². The van der Waals surface area contributed by atoms with E-state index in [0.29, 0.717) is 23.6 Å². The highest BCUT2D eigenvalue weighted by molar-refractivity contribution is 5.88. The Labute approximate surface area is 171 Å². The summed E-state index contributed by atoms with van der Waals surface area (Å²) in [5.41, 5.74) is 3.94. The van der Waals surface area contributed by atoms with E-state index in [0.717, 1.165) is 43.1 Å². The van der Waals surface area contributed by atoms with Crippen LogP contribution in [0.25, 0.3) is 11.5 Å². The second kappa shape index (κ2) is 7.91. The standard InChI is InChI=1S/C22H28N6O/c1-5-27-10-9-18-17(13-27)7-6-8-19(18)20-12-21(23-16(4)29)25-22(24-20)28-15(3)11-14(2)26-28/h6-8,11-12,17-18H,5,9-10,13H2,1-4H3,(H,23,24,25,29). The van der Waals surface area contributed by atoms with Gasteiger partial charge in [0.25, 0.3) is 5.95 Å². The number of aromatic nitrogens is 4. The molecular formula is C22H28N6O. The van der Waals surface area contributed by atoms with Gasteiger partial charge in [0.1, 0.15) is 5.82 Å². The van der Waals surface area contributed by atoms with Gasteiger partial charge in [0.05, 0.1) is 11.4 Å². The fraction of sp³-hybridized carbons (Fsp3) is 0.455. The summed E-state index contributed by atoms with van der Waals surface area (Å²) in [6.07, 6.45) is 7.71. The van der Waals surface area contributed by atoms with E-state index in [1.54, 1.807) is 4.68 Å². The van der Waals surface area contributed by atoms with Crippen molar-refractivity contribution in [2.75, 3.05) is 25.0 Å². The molecule has 152 valence electrons. The van der Waals surface area contributed by atoms with E-state index in [1.165, 1.54) is 12.5 Å². The molecule has 1 N–H and O–H groups in total. The molecule has 0 bridgehead atoms. The molecule has 4 rings (SSSR count). The molecule has 1 aliphatic carbocycles. The summed E-state index contributed by atoms with van der Waals surface area (Å²) in [7, 11) is 0. The number of anilines is 1. The summed E-state index contributed by atoms with van der Waals surface area (Å²) in [6, 6.07) is 3.87. The maximum Gasteiger partial charge on any atom is 0.253 e. The number of carbonyl (C=O) groups is 1. The Balaban J connectivity index is 1.75. The lowest BCUT2D eigenvalue weighted by Gasteiger charge is -2.39. The van der Waals surface area contributed by atoms with E-state index >= 15 is 0 Å². The molecule has 7 nitrogen and oxygen atoms in total. The molecule has 2 aromatic heterocycles. The molecule has 0 aromatic carbocycles. The van der Waals surface area contributed by atoms with E-state index in [1.807, 2.05) is 26.0 Å². The zero-order valence-electron chi connectivity index (χ0n) is 17.5. The molecule has 0 spiro atoms. The Morgan fingerprint density at radius 2 is 2.10 bits per heavy atom. The summed E-state index contributed by atoms with van der Waals surface area (Å²) in [6.45, 7) is 10.9. The minimum atomic E-state index is -0.152. The number of hydrogen-bond donors (Lipinski definition) is 1. The molecular weight excluding hydrogens is 364 g/mol. The van der Waals surface area contributed by atoms with Gasteiger partial charge in [0.15, 0.2) is 0 Å². The third-order valence-electron chi connectivity index (χ3n) is 5.74. The Morgan fingerprint density at radius 1 is 1.28 bits per heavy atom. The first-order chi connectivity index (χ1) is 13.9. The first-order valence-electron chi connectivity index (χ1n) is 10.3. The van der Waals surface area contributed by atoms with Crippen molar-refractivity contribution in [3.8, 4) is 5.95 Å². The number of nitrogens with one attached hydrogen (secondary N) is 1. The number of rotatable bonds is 4. The number of hydrogen-bond acceptors (Lipinski definition) is 5. The molecule has 1 fully saturated rings.